The Labute approximate surface area is 202 Å². The van der Waals surface area contributed by atoms with Gasteiger partial charge in [0.15, 0.2) is 0 Å². The second kappa shape index (κ2) is 11.9. The highest BCUT2D eigenvalue weighted by atomic mass is 32.2. The molecule has 0 radical (unpaired) electrons. The number of aryl methyl sites for hydroxylation is 1. The number of hydrogen-bond acceptors (Lipinski definition) is 2. The van der Waals surface area contributed by atoms with Crippen LogP contribution in [0.4, 0.5) is 0 Å². The molecule has 3 aromatic carbocycles. The molecule has 0 saturated heterocycles. The third-order valence-corrected chi connectivity index (χ3v) is 13.4. The van der Waals surface area contributed by atoms with Crippen molar-refractivity contribution in [1.82, 2.24) is 4.72 Å². The van der Waals surface area contributed by atoms with E-state index >= 15 is 0 Å². The number of hydrogen-bond donors (Lipinski definition) is 2. The van der Waals surface area contributed by atoms with Crippen molar-refractivity contribution >= 4 is 29.4 Å². The van der Waals surface area contributed by atoms with Crippen LogP contribution in [0.2, 0.25) is 6.04 Å². The van der Waals surface area contributed by atoms with E-state index in [0.29, 0.717) is 5.92 Å². The fraction of sp³-hybridized carbons (Fsp3) is 0.357. The van der Waals surface area contributed by atoms with Gasteiger partial charge in [0.2, 0.25) is 0 Å². The lowest BCUT2D eigenvalue weighted by molar-refractivity contribution is 0.247. The normalized spacial score (nSPS) is 14.7. The minimum Gasteiger partial charge on any atom is -0.396 e. The molecule has 0 heterocycles. The summed E-state index contributed by atoms with van der Waals surface area (Å²) in [6.45, 7) is 8.77. The number of aliphatic hydroxyl groups is 1. The highest BCUT2D eigenvalue weighted by molar-refractivity contribution is 7.83. The van der Waals surface area contributed by atoms with E-state index < -0.39 is 19.1 Å². The quantitative estimate of drug-likeness (QED) is 0.399. The molecule has 3 aromatic rings. The van der Waals surface area contributed by atoms with E-state index in [2.05, 4.69) is 86.2 Å². The zero-order valence-electron chi connectivity index (χ0n) is 20.2. The van der Waals surface area contributed by atoms with Gasteiger partial charge in [-0.25, -0.2) is 8.93 Å². The van der Waals surface area contributed by atoms with E-state index in [1.807, 2.05) is 31.2 Å². The maximum atomic E-state index is 13.6. The lowest BCUT2D eigenvalue weighted by atomic mass is 10.1. The van der Waals surface area contributed by atoms with Crippen molar-refractivity contribution < 1.29 is 9.32 Å². The molecular formula is C28H37NO2SSi. The smallest absolute Gasteiger partial charge is 0.136 e. The van der Waals surface area contributed by atoms with E-state index in [9.17, 15) is 9.32 Å². The molecule has 0 aromatic heterocycles. The van der Waals surface area contributed by atoms with Crippen molar-refractivity contribution in [3.05, 3.63) is 90.5 Å². The van der Waals surface area contributed by atoms with Crippen LogP contribution in [0.1, 0.15) is 32.8 Å². The molecule has 0 aliphatic heterocycles. The summed E-state index contributed by atoms with van der Waals surface area (Å²) < 4.78 is 17.2. The maximum Gasteiger partial charge on any atom is 0.136 e. The van der Waals surface area contributed by atoms with Gasteiger partial charge in [0.25, 0.3) is 0 Å². The van der Waals surface area contributed by atoms with Crippen LogP contribution in [0.3, 0.4) is 0 Å². The van der Waals surface area contributed by atoms with E-state index in [0.717, 1.165) is 22.9 Å². The van der Waals surface area contributed by atoms with Crippen LogP contribution >= 0.6 is 0 Å². The first-order valence-corrected chi connectivity index (χ1v) is 15.3. The molecule has 2 N–H and O–H groups in total. The van der Waals surface area contributed by atoms with Crippen molar-refractivity contribution in [3.8, 4) is 0 Å². The van der Waals surface area contributed by atoms with Crippen LogP contribution in [-0.4, -0.2) is 29.7 Å². The fourth-order valence-electron chi connectivity index (χ4n) is 4.71. The fourth-order valence-corrected chi connectivity index (χ4v) is 12.3. The average molecular weight is 480 g/mol. The predicted octanol–water partition coefficient (Wildman–Crippen LogP) is 4.45. The summed E-state index contributed by atoms with van der Waals surface area (Å²) in [5, 5.41) is 12.7. The topological polar surface area (TPSA) is 49.3 Å². The van der Waals surface area contributed by atoms with Crippen molar-refractivity contribution in [2.75, 3.05) is 6.61 Å². The molecule has 33 heavy (non-hydrogen) atoms. The van der Waals surface area contributed by atoms with Crippen LogP contribution in [0, 0.1) is 18.8 Å². The lowest BCUT2D eigenvalue weighted by Crippen LogP contribution is -2.71. The van der Waals surface area contributed by atoms with Crippen molar-refractivity contribution in [2.45, 2.75) is 50.7 Å². The first kappa shape index (κ1) is 25.6. The Balaban J connectivity index is 2.18. The van der Waals surface area contributed by atoms with Gasteiger partial charge in [-0.15, -0.1) is 0 Å². The monoisotopic (exact) mass is 479 g/mol. The molecule has 176 valence electrons. The van der Waals surface area contributed by atoms with Crippen LogP contribution in [0.15, 0.2) is 89.8 Å². The zero-order chi connectivity index (χ0) is 23.8. The molecule has 0 bridgehead atoms. The number of aliphatic hydroxyl groups excluding tert-OH is 1. The highest BCUT2D eigenvalue weighted by Crippen LogP contribution is 2.26. The van der Waals surface area contributed by atoms with Gasteiger partial charge >= 0.3 is 0 Å². The van der Waals surface area contributed by atoms with E-state index in [4.69, 9.17) is 0 Å². The van der Waals surface area contributed by atoms with E-state index in [-0.39, 0.29) is 18.2 Å². The standard InChI is InChI=1S/C28H37NO2SSi/c1-22(2)19-28(29-32(31)25-17-15-23(3)16-18-25)33(21-24(4)20-30,26-11-7-5-8-12-26)27-13-9-6-10-14-27/h5-18,22,24,28-30H,19-21H2,1-4H3/t24-,28+,32+/m0/s1. The van der Waals surface area contributed by atoms with Crippen molar-refractivity contribution in [2.24, 2.45) is 11.8 Å². The molecular weight excluding hydrogens is 442 g/mol. The highest BCUT2D eigenvalue weighted by Gasteiger charge is 2.46. The Hall–Kier alpha value is -2.05. The largest absolute Gasteiger partial charge is 0.396 e. The molecule has 0 spiro atoms. The second-order valence-corrected chi connectivity index (χ2v) is 15.0. The van der Waals surface area contributed by atoms with Crippen molar-refractivity contribution in [3.63, 3.8) is 0 Å². The molecule has 3 nitrogen and oxygen atoms in total. The van der Waals surface area contributed by atoms with Gasteiger partial charge < -0.3 is 5.11 Å². The van der Waals surface area contributed by atoms with Gasteiger partial charge in [-0.05, 0) is 43.4 Å². The first-order chi connectivity index (χ1) is 15.9. The van der Waals surface area contributed by atoms with Gasteiger partial charge in [0, 0.05) is 12.3 Å². The Kier molecular flexibility index (Phi) is 9.21. The number of benzene rings is 3. The van der Waals surface area contributed by atoms with Crippen LogP contribution < -0.4 is 15.1 Å². The summed E-state index contributed by atoms with van der Waals surface area (Å²) in [6, 6.07) is 30.3. The van der Waals surface area contributed by atoms with Gasteiger partial charge in [-0.2, -0.15) is 0 Å². The molecule has 0 aliphatic rings. The van der Waals surface area contributed by atoms with Crippen LogP contribution in [0.25, 0.3) is 0 Å². The molecule has 0 saturated carbocycles. The molecule has 3 rings (SSSR count). The van der Waals surface area contributed by atoms with E-state index in [1.54, 1.807) is 0 Å². The third kappa shape index (κ3) is 6.30. The molecule has 3 atom stereocenters. The summed E-state index contributed by atoms with van der Waals surface area (Å²) >= 11 is 0. The third-order valence-electron chi connectivity index (χ3n) is 6.35. The van der Waals surface area contributed by atoms with Gasteiger partial charge in [-0.1, -0.05) is 110 Å². The van der Waals surface area contributed by atoms with E-state index in [1.165, 1.54) is 10.4 Å². The van der Waals surface area contributed by atoms with Crippen LogP contribution in [-0.2, 0) is 11.0 Å². The first-order valence-electron chi connectivity index (χ1n) is 11.8. The average Bonchev–Trinajstić information content (AvgIpc) is 2.83. The minimum absolute atomic E-state index is 0.0402. The summed E-state index contributed by atoms with van der Waals surface area (Å²) in [7, 11) is -3.82. The maximum absolute atomic E-state index is 13.6. The summed E-state index contributed by atoms with van der Waals surface area (Å²) in [6.07, 6.45) is 0.908. The number of rotatable bonds is 11. The summed E-state index contributed by atoms with van der Waals surface area (Å²) in [5.74, 6) is 0.572. The summed E-state index contributed by atoms with van der Waals surface area (Å²) in [4.78, 5) is 0.800. The molecule has 0 amide bonds. The second-order valence-electron chi connectivity index (χ2n) is 9.58. The SMILES string of the molecule is Cc1ccc([S@@](=O)N[C@@H](CC(C)C)[Si](C[C@@H](C)CO)(c2ccccc2)c2ccccc2)cc1. The van der Waals surface area contributed by atoms with Crippen molar-refractivity contribution in [1.29, 1.82) is 0 Å². The Morgan fingerprint density at radius 2 is 1.36 bits per heavy atom. The molecule has 0 fully saturated rings. The number of nitrogens with one attached hydrogen (secondary N) is 1. The Morgan fingerprint density at radius 3 is 1.82 bits per heavy atom. The predicted molar refractivity (Wildman–Crippen MR) is 143 cm³/mol. The Morgan fingerprint density at radius 1 is 0.848 bits per heavy atom. The molecule has 0 aliphatic carbocycles. The van der Waals surface area contributed by atoms with Gasteiger partial charge in [0.1, 0.15) is 19.1 Å². The van der Waals surface area contributed by atoms with Gasteiger partial charge in [-0.3, -0.25) is 0 Å². The lowest BCUT2D eigenvalue weighted by Gasteiger charge is -2.42. The zero-order valence-corrected chi connectivity index (χ0v) is 22.0. The summed E-state index contributed by atoms with van der Waals surface area (Å²) in [5.41, 5.74) is 1.20. The Bertz CT molecular complexity index is 970. The van der Waals surface area contributed by atoms with Crippen LogP contribution in [0.5, 0.6) is 0 Å². The minimum atomic E-state index is -2.49. The molecule has 5 heteroatoms. The molecule has 0 unspecified atom stereocenters. The van der Waals surface area contributed by atoms with Gasteiger partial charge in [0.05, 0.1) is 4.90 Å².